The van der Waals surface area contributed by atoms with Crippen molar-refractivity contribution >= 4 is 22.7 Å². The third-order valence-corrected chi connectivity index (χ3v) is 7.82. The SMILES string of the molecule is O=C(c1ccc2c(ccn2-c2ccccc2)c1)N1CC(N2CC(N3Cc4ccccc4C3=O)C2)C1. The molecule has 4 heterocycles. The zero-order chi connectivity index (χ0) is 23.5. The molecule has 0 saturated carbocycles. The predicted molar refractivity (Wildman–Crippen MR) is 135 cm³/mol. The smallest absolute Gasteiger partial charge is 0.254 e. The molecule has 0 atom stereocenters. The van der Waals surface area contributed by atoms with Gasteiger partial charge in [0.2, 0.25) is 0 Å². The van der Waals surface area contributed by atoms with Crippen molar-refractivity contribution in [2.24, 2.45) is 0 Å². The highest BCUT2D eigenvalue weighted by Crippen LogP contribution is 2.31. The van der Waals surface area contributed by atoms with Crippen LogP contribution in [0.2, 0.25) is 0 Å². The maximum Gasteiger partial charge on any atom is 0.254 e. The molecule has 6 nitrogen and oxygen atoms in total. The van der Waals surface area contributed by atoms with Gasteiger partial charge < -0.3 is 14.4 Å². The molecule has 0 aliphatic carbocycles. The monoisotopic (exact) mass is 462 g/mol. The van der Waals surface area contributed by atoms with Gasteiger partial charge in [0.25, 0.3) is 11.8 Å². The average molecular weight is 463 g/mol. The van der Waals surface area contributed by atoms with E-state index in [-0.39, 0.29) is 17.9 Å². The van der Waals surface area contributed by atoms with E-state index in [0.717, 1.165) is 66.0 Å². The number of para-hydroxylation sites is 1. The van der Waals surface area contributed by atoms with Crippen molar-refractivity contribution in [1.82, 2.24) is 19.3 Å². The number of carbonyl (C=O) groups excluding carboxylic acids is 2. The van der Waals surface area contributed by atoms with E-state index in [4.69, 9.17) is 0 Å². The lowest BCUT2D eigenvalue weighted by atomic mass is 9.97. The lowest BCUT2D eigenvalue weighted by Crippen LogP contribution is -2.70. The molecule has 6 heteroatoms. The maximum absolute atomic E-state index is 13.1. The van der Waals surface area contributed by atoms with Gasteiger partial charge >= 0.3 is 0 Å². The van der Waals surface area contributed by atoms with Gasteiger partial charge in [-0.05, 0) is 48.0 Å². The predicted octanol–water partition coefficient (Wildman–Crippen LogP) is 3.80. The van der Waals surface area contributed by atoms with Gasteiger partial charge in [0.15, 0.2) is 0 Å². The fourth-order valence-electron chi connectivity index (χ4n) is 5.68. The first-order valence-corrected chi connectivity index (χ1v) is 12.2. The Labute approximate surface area is 204 Å². The van der Waals surface area contributed by atoms with Gasteiger partial charge in [-0.25, -0.2) is 0 Å². The van der Waals surface area contributed by atoms with Crippen LogP contribution in [0.15, 0.2) is 85.1 Å². The summed E-state index contributed by atoms with van der Waals surface area (Å²) in [5, 5.41) is 1.07. The number of aromatic nitrogens is 1. The number of amides is 2. The minimum absolute atomic E-state index is 0.0952. The van der Waals surface area contributed by atoms with Gasteiger partial charge in [0, 0.05) is 67.2 Å². The number of hydrogen-bond acceptors (Lipinski definition) is 3. The molecule has 3 aliphatic rings. The number of likely N-dealkylation sites (tertiary alicyclic amines) is 2. The number of benzene rings is 3. The van der Waals surface area contributed by atoms with Gasteiger partial charge in [-0.2, -0.15) is 0 Å². The molecule has 2 fully saturated rings. The molecule has 174 valence electrons. The quantitative estimate of drug-likeness (QED) is 0.464. The minimum atomic E-state index is 0.0952. The lowest BCUT2D eigenvalue weighted by molar-refractivity contribution is -0.0364. The molecule has 4 aromatic rings. The molecule has 0 unspecified atom stereocenters. The zero-order valence-corrected chi connectivity index (χ0v) is 19.4. The van der Waals surface area contributed by atoms with Gasteiger partial charge in [0.05, 0.1) is 11.6 Å². The van der Waals surface area contributed by atoms with Crippen LogP contribution >= 0.6 is 0 Å². The molecule has 3 aromatic carbocycles. The van der Waals surface area contributed by atoms with E-state index >= 15 is 0 Å². The fraction of sp³-hybridized carbons (Fsp3) is 0.241. The molecule has 1 aromatic heterocycles. The Morgan fingerprint density at radius 2 is 1.57 bits per heavy atom. The highest BCUT2D eigenvalue weighted by molar-refractivity contribution is 5.99. The summed E-state index contributed by atoms with van der Waals surface area (Å²) in [5.74, 6) is 0.255. The first kappa shape index (κ1) is 20.5. The summed E-state index contributed by atoms with van der Waals surface area (Å²) in [7, 11) is 0. The summed E-state index contributed by atoms with van der Waals surface area (Å²) in [6.45, 7) is 4.01. The van der Waals surface area contributed by atoms with Crippen molar-refractivity contribution in [2.75, 3.05) is 26.2 Å². The maximum atomic E-state index is 13.1. The van der Waals surface area contributed by atoms with Gasteiger partial charge in [-0.15, -0.1) is 0 Å². The van der Waals surface area contributed by atoms with Crippen molar-refractivity contribution in [2.45, 2.75) is 18.6 Å². The van der Waals surface area contributed by atoms with Gasteiger partial charge in [-0.1, -0.05) is 36.4 Å². The number of rotatable bonds is 4. The Bertz CT molecular complexity index is 1450. The summed E-state index contributed by atoms with van der Waals surface area (Å²) in [6, 6.07) is 26.8. The molecule has 0 spiro atoms. The van der Waals surface area contributed by atoms with Crippen LogP contribution in [0.5, 0.6) is 0 Å². The first-order valence-electron chi connectivity index (χ1n) is 12.2. The minimum Gasteiger partial charge on any atom is -0.335 e. The van der Waals surface area contributed by atoms with E-state index in [0.29, 0.717) is 6.04 Å². The van der Waals surface area contributed by atoms with E-state index in [1.165, 1.54) is 0 Å². The van der Waals surface area contributed by atoms with E-state index in [2.05, 4.69) is 33.9 Å². The second-order valence-electron chi connectivity index (χ2n) is 9.86. The molecule has 0 bridgehead atoms. The molecular formula is C29H26N4O2. The Balaban J connectivity index is 0.967. The first-order chi connectivity index (χ1) is 17.2. The highest BCUT2D eigenvalue weighted by atomic mass is 16.2. The van der Waals surface area contributed by atoms with Crippen LogP contribution in [-0.4, -0.2) is 69.3 Å². The van der Waals surface area contributed by atoms with Crippen molar-refractivity contribution in [3.05, 3.63) is 102 Å². The van der Waals surface area contributed by atoms with E-state index in [1.54, 1.807) is 0 Å². The number of fused-ring (bicyclic) bond motifs is 2. The molecule has 0 radical (unpaired) electrons. The second kappa shape index (κ2) is 7.82. The lowest BCUT2D eigenvalue weighted by Gasteiger charge is -2.53. The largest absolute Gasteiger partial charge is 0.335 e. The Kier molecular flexibility index (Phi) is 4.57. The molecule has 7 rings (SSSR count). The number of hydrogen-bond donors (Lipinski definition) is 0. The van der Waals surface area contributed by atoms with Crippen molar-refractivity contribution < 1.29 is 9.59 Å². The van der Waals surface area contributed by atoms with Gasteiger partial charge in [0.1, 0.15) is 0 Å². The Hall–Kier alpha value is -3.90. The van der Waals surface area contributed by atoms with Crippen LogP contribution in [0, 0.1) is 0 Å². The summed E-state index contributed by atoms with van der Waals surface area (Å²) in [5.41, 5.74) is 4.93. The topological polar surface area (TPSA) is 48.8 Å². The van der Waals surface area contributed by atoms with Crippen LogP contribution in [0.1, 0.15) is 26.3 Å². The summed E-state index contributed by atoms with van der Waals surface area (Å²) in [6.07, 6.45) is 2.05. The average Bonchev–Trinajstić information content (AvgIpc) is 3.41. The number of carbonyl (C=O) groups is 2. The molecule has 35 heavy (non-hydrogen) atoms. The van der Waals surface area contributed by atoms with E-state index in [9.17, 15) is 9.59 Å². The van der Waals surface area contributed by atoms with Crippen LogP contribution in [-0.2, 0) is 6.54 Å². The van der Waals surface area contributed by atoms with Crippen molar-refractivity contribution in [1.29, 1.82) is 0 Å². The summed E-state index contributed by atoms with van der Waals surface area (Å²) < 4.78 is 2.15. The third-order valence-electron chi connectivity index (χ3n) is 7.82. The highest BCUT2D eigenvalue weighted by Gasteiger charge is 2.45. The van der Waals surface area contributed by atoms with Crippen molar-refractivity contribution in [3.8, 4) is 5.69 Å². The molecule has 2 saturated heterocycles. The Morgan fingerprint density at radius 1 is 0.800 bits per heavy atom. The summed E-state index contributed by atoms with van der Waals surface area (Å²) in [4.78, 5) is 32.2. The van der Waals surface area contributed by atoms with E-state index < -0.39 is 0 Å². The van der Waals surface area contributed by atoms with Crippen LogP contribution in [0.25, 0.3) is 16.6 Å². The number of nitrogens with zero attached hydrogens (tertiary/aromatic N) is 4. The normalized spacial score (nSPS) is 18.6. The van der Waals surface area contributed by atoms with E-state index in [1.807, 2.05) is 70.5 Å². The van der Waals surface area contributed by atoms with Crippen molar-refractivity contribution in [3.63, 3.8) is 0 Å². The molecule has 2 amide bonds. The summed E-state index contributed by atoms with van der Waals surface area (Å²) >= 11 is 0. The standard InChI is InChI=1S/C29H26N4O2/c34-28(21-10-11-27-20(14-21)12-13-32(27)23-7-2-1-3-8-23)31-16-24(17-31)30-18-25(19-30)33-15-22-6-4-5-9-26(22)29(33)35/h1-14,24-25H,15-19H2. The Morgan fingerprint density at radius 3 is 2.37 bits per heavy atom. The van der Waals surface area contributed by atoms with Crippen LogP contribution < -0.4 is 0 Å². The van der Waals surface area contributed by atoms with Crippen LogP contribution in [0.4, 0.5) is 0 Å². The zero-order valence-electron chi connectivity index (χ0n) is 19.4. The third kappa shape index (κ3) is 3.28. The van der Waals surface area contributed by atoms with Gasteiger partial charge in [-0.3, -0.25) is 14.5 Å². The molecular weight excluding hydrogens is 436 g/mol. The second-order valence-corrected chi connectivity index (χ2v) is 9.86. The molecule has 0 N–H and O–H groups in total. The van der Waals surface area contributed by atoms with Crippen LogP contribution in [0.3, 0.4) is 0 Å². The molecule has 3 aliphatic heterocycles. The fourth-order valence-corrected chi connectivity index (χ4v) is 5.68.